The number of aryl methyl sites for hydroxylation is 1. The molecular formula is C14H13F3N2O4S. The predicted molar refractivity (Wildman–Crippen MR) is 78.6 cm³/mol. The van der Waals surface area contributed by atoms with E-state index in [4.69, 9.17) is 4.74 Å². The van der Waals surface area contributed by atoms with Crippen molar-refractivity contribution in [3.05, 3.63) is 35.0 Å². The number of carbonyl (C=O) groups excluding carboxylic acids is 1. The summed E-state index contributed by atoms with van der Waals surface area (Å²) in [5, 5.41) is 13.5. The van der Waals surface area contributed by atoms with Crippen molar-refractivity contribution in [2.45, 2.75) is 11.1 Å². The van der Waals surface area contributed by atoms with E-state index < -0.39 is 45.2 Å². The highest BCUT2D eigenvalue weighted by Crippen LogP contribution is 2.41. The zero-order valence-corrected chi connectivity index (χ0v) is 13.7. The van der Waals surface area contributed by atoms with E-state index in [-0.39, 0.29) is 11.1 Å². The van der Waals surface area contributed by atoms with E-state index >= 15 is 0 Å². The van der Waals surface area contributed by atoms with Gasteiger partial charge in [-0.1, -0.05) is 0 Å². The van der Waals surface area contributed by atoms with Crippen molar-refractivity contribution >= 4 is 17.0 Å². The van der Waals surface area contributed by atoms with Gasteiger partial charge in [-0.3, -0.25) is 4.79 Å². The quantitative estimate of drug-likeness (QED) is 0.665. The van der Waals surface area contributed by atoms with Crippen LogP contribution in [0.2, 0.25) is 0 Å². The average Bonchev–Trinajstić information content (AvgIpc) is 2.83. The van der Waals surface area contributed by atoms with Crippen molar-refractivity contribution < 1.29 is 32.4 Å². The Hall–Kier alpha value is -2.20. The van der Waals surface area contributed by atoms with Gasteiger partial charge in [0.2, 0.25) is 16.6 Å². The van der Waals surface area contributed by atoms with E-state index in [0.717, 1.165) is 30.3 Å². The molecule has 24 heavy (non-hydrogen) atoms. The number of nitrogens with zero attached hydrogens (tertiary/aromatic N) is 2. The lowest BCUT2D eigenvalue weighted by Gasteiger charge is -2.18. The molecule has 0 spiro atoms. The maximum Gasteiger partial charge on any atom is 0.421 e. The molecule has 0 aliphatic carbocycles. The second-order valence-corrected chi connectivity index (χ2v) is 6.13. The number of benzene rings is 1. The molecule has 1 unspecified atom stereocenters. The molecule has 2 rings (SSSR count). The van der Waals surface area contributed by atoms with Crippen molar-refractivity contribution in [3.63, 3.8) is 0 Å². The van der Waals surface area contributed by atoms with E-state index in [9.17, 15) is 27.6 Å². The third-order valence-electron chi connectivity index (χ3n) is 3.31. The van der Waals surface area contributed by atoms with Gasteiger partial charge >= 0.3 is 6.18 Å². The SMILES string of the molecule is COc1c(C(=O)c2cnn(C)c2O)ccc(C(F)(F)F)c1[S+](C)[O-]. The largest absolute Gasteiger partial charge is 0.612 e. The summed E-state index contributed by atoms with van der Waals surface area (Å²) in [6.07, 6.45) is -2.62. The van der Waals surface area contributed by atoms with E-state index in [0.29, 0.717) is 6.07 Å². The smallest absolute Gasteiger partial charge is 0.421 e. The third-order valence-corrected chi connectivity index (χ3v) is 4.29. The summed E-state index contributed by atoms with van der Waals surface area (Å²) >= 11 is -2.06. The van der Waals surface area contributed by atoms with Gasteiger partial charge in [0.1, 0.15) is 17.4 Å². The first-order chi connectivity index (χ1) is 11.1. The first-order valence-electron chi connectivity index (χ1n) is 6.46. The Morgan fingerprint density at radius 2 is 2.00 bits per heavy atom. The van der Waals surface area contributed by atoms with Gasteiger partial charge in [0, 0.05) is 7.05 Å². The van der Waals surface area contributed by atoms with Crippen LogP contribution in [0, 0.1) is 0 Å². The number of hydrogen-bond acceptors (Lipinski definition) is 5. The van der Waals surface area contributed by atoms with Gasteiger partial charge < -0.3 is 14.4 Å². The molecule has 2 aromatic rings. The Balaban J connectivity index is 2.70. The minimum absolute atomic E-state index is 0.205. The number of aromatic nitrogens is 2. The van der Waals surface area contributed by atoms with Gasteiger partial charge in [-0.05, 0) is 23.3 Å². The van der Waals surface area contributed by atoms with Crippen LogP contribution in [0.4, 0.5) is 13.2 Å². The van der Waals surface area contributed by atoms with Crippen molar-refractivity contribution in [1.82, 2.24) is 9.78 Å². The first kappa shape index (κ1) is 18.1. The topological polar surface area (TPSA) is 87.4 Å². The van der Waals surface area contributed by atoms with Gasteiger partial charge in [0.05, 0.1) is 18.9 Å². The van der Waals surface area contributed by atoms with Crippen LogP contribution in [0.3, 0.4) is 0 Å². The van der Waals surface area contributed by atoms with Crippen molar-refractivity contribution in [1.29, 1.82) is 0 Å². The van der Waals surface area contributed by atoms with Crippen LogP contribution in [0.25, 0.3) is 0 Å². The lowest BCUT2D eigenvalue weighted by molar-refractivity contribution is -0.140. The van der Waals surface area contributed by atoms with Gasteiger partial charge in [0.15, 0.2) is 5.75 Å². The molecule has 0 radical (unpaired) electrons. The minimum atomic E-state index is -4.76. The molecule has 0 amide bonds. The van der Waals surface area contributed by atoms with E-state index in [1.54, 1.807) is 0 Å². The maximum absolute atomic E-state index is 13.1. The molecule has 0 aliphatic rings. The van der Waals surface area contributed by atoms with Crippen LogP contribution in [-0.4, -0.2) is 38.6 Å². The Morgan fingerprint density at radius 3 is 2.42 bits per heavy atom. The number of ketones is 1. The van der Waals surface area contributed by atoms with Crippen LogP contribution < -0.4 is 4.74 Å². The highest BCUT2D eigenvalue weighted by Gasteiger charge is 2.40. The number of hydrogen-bond donors (Lipinski definition) is 1. The van der Waals surface area contributed by atoms with Crippen molar-refractivity contribution in [2.24, 2.45) is 7.05 Å². The Bertz CT molecular complexity index is 787. The minimum Gasteiger partial charge on any atom is -0.612 e. The molecule has 1 N–H and O–H groups in total. The maximum atomic E-state index is 13.1. The van der Waals surface area contributed by atoms with E-state index in [1.165, 1.54) is 7.05 Å². The van der Waals surface area contributed by atoms with Gasteiger partial charge in [0.25, 0.3) is 0 Å². The molecule has 0 aliphatic heterocycles. The molecule has 10 heteroatoms. The molecule has 0 fully saturated rings. The first-order valence-corrected chi connectivity index (χ1v) is 8.02. The molecule has 1 atom stereocenters. The number of methoxy groups -OCH3 is 1. The summed E-state index contributed by atoms with van der Waals surface area (Å²) in [4.78, 5) is 11.9. The second kappa shape index (κ2) is 6.36. The van der Waals surface area contributed by atoms with Crippen LogP contribution in [-0.2, 0) is 24.4 Å². The fourth-order valence-electron chi connectivity index (χ4n) is 2.19. The molecule has 0 saturated heterocycles. The van der Waals surface area contributed by atoms with E-state index in [1.807, 2.05) is 0 Å². The van der Waals surface area contributed by atoms with E-state index in [2.05, 4.69) is 5.10 Å². The second-order valence-electron chi connectivity index (χ2n) is 4.81. The summed E-state index contributed by atoms with van der Waals surface area (Å²) in [5.41, 5.74) is -1.60. The highest BCUT2D eigenvalue weighted by molar-refractivity contribution is 7.90. The fraction of sp³-hybridized carbons (Fsp3) is 0.286. The number of ether oxygens (including phenoxy) is 1. The number of alkyl halides is 3. The molecule has 130 valence electrons. The van der Waals surface area contributed by atoms with Crippen molar-refractivity contribution in [3.8, 4) is 11.6 Å². The number of aromatic hydroxyl groups is 1. The summed E-state index contributed by atoms with van der Waals surface area (Å²) in [5.74, 6) is -1.68. The molecule has 0 saturated carbocycles. The van der Waals surface area contributed by atoms with Crippen LogP contribution in [0.1, 0.15) is 21.5 Å². The fourth-order valence-corrected chi connectivity index (χ4v) is 3.14. The molecule has 1 heterocycles. The Labute approximate surface area is 138 Å². The van der Waals surface area contributed by atoms with Gasteiger partial charge in [-0.2, -0.15) is 18.3 Å². The summed E-state index contributed by atoms with van der Waals surface area (Å²) in [6.45, 7) is 0. The molecule has 0 bridgehead atoms. The molecule has 1 aromatic carbocycles. The third kappa shape index (κ3) is 3.06. The number of halogens is 3. The zero-order chi connectivity index (χ0) is 18.2. The van der Waals surface area contributed by atoms with Crippen molar-refractivity contribution in [2.75, 3.05) is 13.4 Å². The van der Waals surface area contributed by atoms with Crippen LogP contribution in [0.5, 0.6) is 11.6 Å². The Kier molecular flexibility index (Phi) is 4.81. The van der Waals surface area contributed by atoms with Crippen LogP contribution in [0.15, 0.2) is 23.2 Å². The zero-order valence-electron chi connectivity index (χ0n) is 12.8. The summed E-state index contributed by atoms with van der Waals surface area (Å²) in [7, 11) is 2.47. The highest BCUT2D eigenvalue weighted by atomic mass is 32.2. The lowest BCUT2D eigenvalue weighted by atomic mass is 10.0. The average molecular weight is 362 g/mol. The standard InChI is InChI=1S/C14H13F3N2O4S/c1-19-13(21)8(6-18-19)10(20)7-4-5-9(14(15,16)17)12(24(3)22)11(7)23-2/h4-6,21H,1-3H3. The summed E-state index contributed by atoms with van der Waals surface area (Å²) in [6, 6.07) is 1.59. The molecular weight excluding hydrogens is 349 g/mol. The molecule has 6 nitrogen and oxygen atoms in total. The normalized spacial score (nSPS) is 13.0. The summed E-state index contributed by atoms with van der Waals surface area (Å²) < 4.78 is 57.2. The van der Waals surface area contributed by atoms with Gasteiger partial charge in [-0.15, -0.1) is 0 Å². The monoisotopic (exact) mass is 362 g/mol. The lowest BCUT2D eigenvalue weighted by Crippen LogP contribution is -2.16. The number of rotatable bonds is 4. The number of carbonyl (C=O) groups is 1. The predicted octanol–water partition coefficient (Wildman–Crippen LogP) is 2.12. The molecule has 1 aromatic heterocycles. The Morgan fingerprint density at radius 1 is 1.38 bits per heavy atom. The van der Waals surface area contributed by atoms with Crippen LogP contribution >= 0.6 is 0 Å². The van der Waals surface area contributed by atoms with Gasteiger partial charge in [-0.25, -0.2) is 4.68 Å².